The number of carbonyl (C=O) groups is 1. The molecule has 2 aliphatic rings. The second-order valence-corrected chi connectivity index (χ2v) is 6.95. The molecule has 132 valence electrons. The molecule has 5 heteroatoms. The zero-order valence-corrected chi connectivity index (χ0v) is 14.7. The van der Waals surface area contributed by atoms with E-state index in [0.29, 0.717) is 0 Å². The minimum absolute atomic E-state index is 0.0799. The first-order chi connectivity index (χ1) is 11.6. The Morgan fingerprint density at radius 3 is 2.58 bits per heavy atom. The van der Waals surface area contributed by atoms with Gasteiger partial charge in [-0.25, -0.2) is 0 Å². The second kappa shape index (κ2) is 7.99. The SMILES string of the molecule is C[C@@H]1CN(c2ccccc2NC(=O)COC2CCCC2)C[C@@H](C)O1. The molecular formula is C19H28N2O3. The molecule has 0 spiro atoms. The minimum atomic E-state index is -0.0799. The summed E-state index contributed by atoms with van der Waals surface area (Å²) in [6.45, 7) is 5.96. The smallest absolute Gasteiger partial charge is 0.250 e. The number of carbonyl (C=O) groups excluding carboxylic acids is 1. The molecule has 0 radical (unpaired) electrons. The summed E-state index contributed by atoms with van der Waals surface area (Å²) in [6, 6.07) is 7.96. The van der Waals surface area contributed by atoms with Crippen molar-refractivity contribution in [3.05, 3.63) is 24.3 Å². The number of nitrogens with one attached hydrogen (secondary N) is 1. The second-order valence-electron chi connectivity index (χ2n) is 6.95. The van der Waals surface area contributed by atoms with E-state index in [1.54, 1.807) is 0 Å². The maximum absolute atomic E-state index is 12.3. The van der Waals surface area contributed by atoms with E-state index in [2.05, 4.69) is 30.1 Å². The quantitative estimate of drug-likeness (QED) is 0.900. The molecular weight excluding hydrogens is 304 g/mol. The topological polar surface area (TPSA) is 50.8 Å². The molecule has 0 aromatic heterocycles. The van der Waals surface area contributed by atoms with Crippen LogP contribution in [0.15, 0.2) is 24.3 Å². The Morgan fingerprint density at radius 2 is 1.88 bits per heavy atom. The molecule has 3 rings (SSSR count). The highest BCUT2D eigenvalue weighted by atomic mass is 16.5. The van der Waals surface area contributed by atoms with Crippen molar-refractivity contribution in [2.45, 2.75) is 57.8 Å². The molecule has 1 saturated carbocycles. The van der Waals surface area contributed by atoms with Crippen molar-refractivity contribution < 1.29 is 14.3 Å². The lowest BCUT2D eigenvalue weighted by molar-refractivity contribution is -0.122. The van der Waals surface area contributed by atoms with Crippen LogP contribution in [0, 0.1) is 0 Å². The Labute approximate surface area is 144 Å². The first kappa shape index (κ1) is 17.2. The van der Waals surface area contributed by atoms with Gasteiger partial charge in [0.2, 0.25) is 5.91 Å². The Kier molecular flexibility index (Phi) is 5.74. The van der Waals surface area contributed by atoms with Gasteiger partial charge in [-0.15, -0.1) is 0 Å². The number of nitrogens with zero attached hydrogens (tertiary/aromatic N) is 1. The van der Waals surface area contributed by atoms with Gasteiger partial charge in [0.15, 0.2) is 0 Å². The molecule has 1 N–H and O–H groups in total. The average Bonchev–Trinajstić information content (AvgIpc) is 3.06. The zero-order chi connectivity index (χ0) is 16.9. The number of morpholine rings is 1. The molecule has 1 aromatic rings. The third-order valence-electron chi connectivity index (χ3n) is 4.69. The monoisotopic (exact) mass is 332 g/mol. The number of hydrogen-bond acceptors (Lipinski definition) is 4. The van der Waals surface area contributed by atoms with Crippen LogP contribution in [0.2, 0.25) is 0 Å². The van der Waals surface area contributed by atoms with Crippen molar-refractivity contribution in [1.82, 2.24) is 0 Å². The predicted octanol–water partition coefficient (Wildman–Crippen LogP) is 3.20. The summed E-state index contributed by atoms with van der Waals surface area (Å²) < 4.78 is 11.5. The van der Waals surface area contributed by atoms with Crippen LogP contribution < -0.4 is 10.2 Å². The van der Waals surface area contributed by atoms with Gasteiger partial charge in [-0.1, -0.05) is 25.0 Å². The highest BCUT2D eigenvalue weighted by molar-refractivity contribution is 5.95. The molecule has 1 aromatic carbocycles. The fourth-order valence-electron chi connectivity index (χ4n) is 3.66. The Bertz CT molecular complexity index is 547. The van der Waals surface area contributed by atoms with E-state index in [4.69, 9.17) is 9.47 Å². The van der Waals surface area contributed by atoms with Crippen LogP contribution in [-0.2, 0) is 14.3 Å². The number of rotatable bonds is 5. The van der Waals surface area contributed by atoms with E-state index in [9.17, 15) is 4.79 Å². The number of benzene rings is 1. The number of anilines is 2. The van der Waals surface area contributed by atoms with Crippen LogP contribution >= 0.6 is 0 Å². The molecule has 2 atom stereocenters. The summed E-state index contributed by atoms with van der Waals surface area (Å²) in [5, 5.41) is 3.02. The maximum Gasteiger partial charge on any atom is 0.250 e. The number of ether oxygens (including phenoxy) is 2. The minimum Gasteiger partial charge on any atom is -0.372 e. The zero-order valence-electron chi connectivity index (χ0n) is 14.7. The normalized spacial score (nSPS) is 25.0. The summed E-state index contributed by atoms with van der Waals surface area (Å²) in [6.07, 6.45) is 5.20. The third kappa shape index (κ3) is 4.48. The Balaban J connectivity index is 1.61. The Hall–Kier alpha value is -1.59. The fourth-order valence-corrected chi connectivity index (χ4v) is 3.66. The maximum atomic E-state index is 12.3. The molecule has 1 aliphatic carbocycles. The largest absolute Gasteiger partial charge is 0.372 e. The van der Waals surface area contributed by atoms with Gasteiger partial charge in [0.1, 0.15) is 6.61 Å². The Morgan fingerprint density at radius 1 is 1.21 bits per heavy atom. The average molecular weight is 332 g/mol. The molecule has 5 nitrogen and oxygen atoms in total. The molecule has 0 unspecified atom stereocenters. The van der Waals surface area contributed by atoms with Crippen LogP contribution in [0.5, 0.6) is 0 Å². The van der Waals surface area contributed by atoms with Crippen molar-refractivity contribution >= 4 is 17.3 Å². The van der Waals surface area contributed by atoms with Crippen LogP contribution in [-0.4, -0.2) is 43.9 Å². The molecule has 1 aliphatic heterocycles. The van der Waals surface area contributed by atoms with Crippen LogP contribution in [0.4, 0.5) is 11.4 Å². The lowest BCUT2D eigenvalue weighted by Gasteiger charge is -2.37. The van der Waals surface area contributed by atoms with Gasteiger partial charge in [-0.3, -0.25) is 4.79 Å². The molecule has 1 heterocycles. The van der Waals surface area contributed by atoms with Crippen molar-refractivity contribution in [2.24, 2.45) is 0 Å². The first-order valence-corrected chi connectivity index (χ1v) is 9.02. The van der Waals surface area contributed by atoms with Gasteiger partial charge < -0.3 is 19.7 Å². The van der Waals surface area contributed by atoms with E-state index < -0.39 is 0 Å². The molecule has 24 heavy (non-hydrogen) atoms. The van der Waals surface area contributed by atoms with Gasteiger partial charge in [-0.05, 0) is 38.8 Å². The summed E-state index contributed by atoms with van der Waals surface area (Å²) in [4.78, 5) is 14.5. The number of amides is 1. The van der Waals surface area contributed by atoms with Gasteiger partial charge >= 0.3 is 0 Å². The van der Waals surface area contributed by atoms with Crippen molar-refractivity contribution in [1.29, 1.82) is 0 Å². The van der Waals surface area contributed by atoms with Crippen LogP contribution in [0.25, 0.3) is 0 Å². The fraction of sp³-hybridized carbons (Fsp3) is 0.632. The molecule has 2 fully saturated rings. The highest BCUT2D eigenvalue weighted by Gasteiger charge is 2.24. The lowest BCUT2D eigenvalue weighted by atomic mass is 10.1. The molecule has 0 bridgehead atoms. The van der Waals surface area contributed by atoms with E-state index in [0.717, 1.165) is 37.3 Å². The summed E-state index contributed by atoms with van der Waals surface area (Å²) >= 11 is 0. The first-order valence-electron chi connectivity index (χ1n) is 9.02. The van der Waals surface area contributed by atoms with E-state index in [-0.39, 0.29) is 30.8 Å². The predicted molar refractivity (Wildman–Crippen MR) is 95.5 cm³/mol. The highest BCUT2D eigenvalue weighted by Crippen LogP contribution is 2.28. The third-order valence-corrected chi connectivity index (χ3v) is 4.69. The van der Waals surface area contributed by atoms with E-state index in [1.807, 2.05) is 18.2 Å². The van der Waals surface area contributed by atoms with Gasteiger partial charge in [0.25, 0.3) is 0 Å². The molecule has 1 saturated heterocycles. The summed E-state index contributed by atoms with van der Waals surface area (Å²) in [5.41, 5.74) is 1.90. The number of hydrogen-bond donors (Lipinski definition) is 1. The number of para-hydroxylation sites is 2. The van der Waals surface area contributed by atoms with Crippen molar-refractivity contribution in [3.63, 3.8) is 0 Å². The van der Waals surface area contributed by atoms with Gasteiger partial charge in [0.05, 0.1) is 29.7 Å². The molecule has 1 amide bonds. The van der Waals surface area contributed by atoms with Gasteiger partial charge in [-0.2, -0.15) is 0 Å². The van der Waals surface area contributed by atoms with Crippen molar-refractivity contribution in [2.75, 3.05) is 29.9 Å². The van der Waals surface area contributed by atoms with E-state index >= 15 is 0 Å². The van der Waals surface area contributed by atoms with Crippen molar-refractivity contribution in [3.8, 4) is 0 Å². The standard InChI is InChI=1S/C19H28N2O3/c1-14-11-21(12-15(2)24-14)18-10-6-5-9-17(18)20-19(22)13-23-16-7-3-4-8-16/h5-6,9-10,14-16H,3-4,7-8,11-13H2,1-2H3,(H,20,22)/t14-,15-/m1/s1. The lowest BCUT2D eigenvalue weighted by Crippen LogP contribution is -2.45. The summed E-state index contributed by atoms with van der Waals surface area (Å²) in [7, 11) is 0. The van der Waals surface area contributed by atoms with Gasteiger partial charge in [0, 0.05) is 13.1 Å². The van der Waals surface area contributed by atoms with E-state index in [1.165, 1.54) is 12.8 Å². The van der Waals surface area contributed by atoms with Crippen LogP contribution in [0.3, 0.4) is 0 Å². The summed E-state index contributed by atoms with van der Waals surface area (Å²) in [5.74, 6) is -0.0799. The van der Waals surface area contributed by atoms with Crippen LogP contribution in [0.1, 0.15) is 39.5 Å².